The van der Waals surface area contributed by atoms with Gasteiger partial charge >= 0.3 is 12.1 Å². The maximum absolute atomic E-state index is 12.4. The third-order valence-electron chi connectivity index (χ3n) is 2.97. The van der Waals surface area contributed by atoms with Gasteiger partial charge in [0.1, 0.15) is 6.10 Å². The minimum atomic E-state index is -5.01. The Kier molecular flexibility index (Phi) is 6.89. The highest BCUT2D eigenvalue weighted by atomic mass is 35.5. The number of rotatable bonds is 6. The number of alkyl halides is 3. The first-order valence-corrected chi connectivity index (χ1v) is 11.3. The van der Waals surface area contributed by atoms with Crippen molar-refractivity contribution in [3.8, 4) is 0 Å². The molecule has 0 amide bonds. The molecular formula is C16H20ClF3O2Si. The van der Waals surface area contributed by atoms with Gasteiger partial charge in [0, 0.05) is 19.5 Å². The van der Waals surface area contributed by atoms with E-state index in [-0.39, 0.29) is 6.42 Å². The zero-order valence-electron chi connectivity index (χ0n) is 13.3. The average Bonchev–Trinajstić information content (AvgIpc) is 2.41. The van der Waals surface area contributed by atoms with Gasteiger partial charge in [-0.05, 0) is 23.7 Å². The summed E-state index contributed by atoms with van der Waals surface area (Å²) in [6.07, 6.45) is -2.10. The normalized spacial score (nSPS) is 14.0. The van der Waals surface area contributed by atoms with Crippen molar-refractivity contribution in [2.45, 2.75) is 44.4 Å². The van der Waals surface area contributed by atoms with Crippen molar-refractivity contribution in [2.24, 2.45) is 0 Å². The number of hydrogen-bond donors (Lipinski definition) is 0. The van der Waals surface area contributed by atoms with E-state index in [1.54, 1.807) is 30.3 Å². The van der Waals surface area contributed by atoms with Crippen LogP contribution in [0.15, 0.2) is 36.4 Å². The minimum absolute atomic E-state index is 0.188. The van der Waals surface area contributed by atoms with E-state index in [1.807, 2.05) is 6.08 Å². The van der Waals surface area contributed by atoms with Crippen LogP contribution in [0.5, 0.6) is 0 Å². The van der Waals surface area contributed by atoms with Crippen molar-refractivity contribution in [1.29, 1.82) is 0 Å². The van der Waals surface area contributed by atoms with Gasteiger partial charge in [-0.3, -0.25) is 0 Å². The highest BCUT2D eigenvalue weighted by Gasteiger charge is 2.42. The molecule has 1 aromatic carbocycles. The van der Waals surface area contributed by atoms with E-state index in [0.717, 1.165) is 6.04 Å². The Morgan fingerprint density at radius 1 is 1.22 bits per heavy atom. The lowest BCUT2D eigenvalue weighted by Crippen LogP contribution is -2.27. The van der Waals surface area contributed by atoms with Gasteiger partial charge in [-0.15, -0.1) is 0 Å². The average molecular weight is 365 g/mol. The monoisotopic (exact) mass is 364 g/mol. The summed E-state index contributed by atoms with van der Waals surface area (Å²) in [5, 5.41) is 0.462. The SMILES string of the molecule is C[Si](C)(C)C/C=C\CC(OC(=O)C(F)(F)F)c1ccc(Cl)cc1. The second-order valence-electron chi connectivity index (χ2n) is 6.42. The van der Waals surface area contributed by atoms with Crippen molar-refractivity contribution in [2.75, 3.05) is 0 Å². The third kappa shape index (κ3) is 7.70. The van der Waals surface area contributed by atoms with Gasteiger partial charge in [-0.25, -0.2) is 4.79 Å². The highest BCUT2D eigenvalue weighted by molar-refractivity contribution is 6.76. The Bertz CT molecular complexity index is 548. The van der Waals surface area contributed by atoms with E-state index in [1.165, 1.54) is 0 Å². The molecule has 0 radical (unpaired) electrons. The van der Waals surface area contributed by atoms with Crippen LogP contribution in [0.1, 0.15) is 18.1 Å². The van der Waals surface area contributed by atoms with Gasteiger partial charge in [0.05, 0.1) is 0 Å². The van der Waals surface area contributed by atoms with Crippen LogP contribution in [-0.4, -0.2) is 20.2 Å². The van der Waals surface area contributed by atoms with E-state index in [0.29, 0.717) is 10.6 Å². The molecule has 23 heavy (non-hydrogen) atoms. The van der Waals surface area contributed by atoms with Crippen LogP contribution in [0.2, 0.25) is 30.7 Å². The first-order valence-electron chi connectivity index (χ1n) is 7.17. The number of carbonyl (C=O) groups is 1. The molecule has 0 spiro atoms. The van der Waals surface area contributed by atoms with Crippen LogP contribution in [0.4, 0.5) is 13.2 Å². The van der Waals surface area contributed by atoms with E-state index in [2.05, 4.69) is 24.4 Å². The molecule has 128 valence electrons. The van der Waals surface area contributed by atoms with Crippen molar-refractivity contribution < 1.29 is 22.7 Å². The second kappa shape index (κ2) is 8.01. The maximum Gasteiger partial charge on any atom is 0.490 e. The Balaban J connectivity index is 2.84. The summed E-state index contributed by atoms with van der Waals surface area (Å²) in [7, 11) is -1.27. The number of esters is 1. The Hall–Kier alpha value is -1.27. The van der Waals surface area contributed by atoms with Gasteiger partial charge in [0.25, 0.3) is 0 Å². The molecule has 0 N–H and O–H groups in total. The summed E-state index contributed by atoms with van der Waals surface area (Å²) >= 11 is 5.77. The zero-order chi connectivity index (χ0) is 17.7. The Labute approximate surface area is 140 Å². The van der Waals surface area contributed by atoms with Crippen molar-refractivity contribution in [3.05, 3.63) is 47.0 Å². The predicted molar refractivity (Wildman–Crippen MR) is 88.3 cm³/mol. The molecule has 1 atom stereocenters. The number of halogens is 4. The molecule has 0 aliphatic heterocycles. The molecule has 1 rings (SSSR count). The summed E-state index contributed by atoms with van der Waals surface area (Å²) in [6.45, 7) is 6.58. The summed E-state index contributed by atoms with van der Waals surface area (Å²) in [5.41, 5.74) is 0.477. The van der Waals surface area contributed by atoms with Crippen LogP contribution in [0.25, 0.3) is 0 Å². The molecule has 7 heteroatoms. The predicted octanol–water partition coefficient (Wildman–Crippen LogP) is 5.77. The molecule has 1 unspecified atom stereocenters. The smallest absolute Gasteiger partial charge is 0.451 e. The quantitative estimate of drug-likeness (QED) is 0.364. The largest absolute Gasteiger partial charge is 0.490 e. The van der Waals surface area contributed by atoms with Gasteiger partial charge in [0.15, 0.2) is 0 Å². The minimum Gasteiger partial charge on any atom is -0.451 e. The Morgan fingerprint density at radius 2 is 1.78 bits per heavy atom. The van der Waals surface area contributed by atoms with Gasteiger partial charge in [0.2, 0.25) is 0 Å². The van der Waals surface area contributed by atoms with Gasteiger partial charge in [-0.1, -0.05) is 55.5 Å². The van der Waals surface area contributed by atoms with Gasteiger partial charge in [-0.2, -0.15) is 13.2 Å². The van der Waals surface area contributed by atoms with Crippen LogP contribution in [0.3, 0.4) is 0 Å². The summed E-state index contributed by atoms with van der Waals surface area (Å²) in [4.78, 5) is 11.1. The molecule has 0 saturated carbocycles. The molecule has 0 aliphatic carbocycles. The molecule has 0 heterocycles. The first kappa shape index (κ1) is 19.8. The number of benzene rings is 1. The summed E-state index contributed by atoms with van der Waals surface area (Å²) in [5.74, 6) is -2.18. The van der Waals surface area contributed by atoms with E-state index < -0.39 is 26.3 Å². The van der Waals surface area contributed by atoms with Crippen LogP contribution in [-0.2, 0) is 9.53 Å². The zero-order valence-corrected chi connectivity index (χ0v) is 15.0. The number of ether oxygens (including phenoxy) is 1. The lowest BCUT2D eigenvalue weighted by molar-refractivity contribution is -0.205. The Morgan fingerprint density at radius 3 is 2.26 bits per heavy atom. The number of allylic oxidation sites excluding steroid dienone is 1. The lowest BCUT2D eigenvalue weighted by Gasteiger charge is -2.18. The first-order chi connectivity index (χ1) is 10.5. The van der Waals surface area contributed by atoms with E-state index >= 15 is 0 Å². The maximum atomic E-state index is 12.4. The summed E-state index contributed by atoms with van der Waals surface area (Å²) < 4.78 is 41.9. The van der Waals surface area contributed by atoms with Gasteiger partial charge < -0.3 is 4.74 Å². The molecule has 0 saturated heterocycles. The fraction of sp³-hybridized carbons (Fsp3) is 0.438. The molecule has 1 aromatic rings. The van der Waals surface area contributed by atoms with Crippen molar-refractivity contribution in [3.63, 3.8) is 0 Å². The molecule has 0 aromatic heterocycles. The van der Waals surface area contributed by atoms with E-state index in [4.69, 9.17) is 11.6 Å². The molecule has 0 bridgehead atoms. The fourth-order valence-electron chi connectivity index (χ4n) is 1.78. The number of carbonyl (C=O) groups excluding carboxylic acids is 1. The topological polar surface area (TPSA) is 26.3 Å². The third-order valence-corrected chi connectivity index (χ3v) is 4.68. The van der Waals surface area contributed by atoms with E-state index in [9.17, 15) is 18.0 Å². The van der Waals surface area contributed by atoms with Crippen LogP contribution < -0.4 is 0 Å². The van der Waals surface area contributed by atoms with Crippen LogP contribution in [0, 0.1) is 0 Å². The van der Waals surface area contributed by atoms with Crippen molar-refractivity contribution >= 4 is 25.6 Å². The standard InChI is InChI=1S/C16H20ClF3O2Si/c1-23(2,3)11-5-4-6-14(22-15(21)16(18,19)20)12-7-9-13(17)10-8-12/h4-5,7-10,14H,6,11H2,1-3H3/b5-4-. The molecular weight excluding hydrogens is 345 g/mol. The lowest BCUT2D eigenvalue weighted by atomic mass is 10.1. The number of hydrogen-bond acceptors (Lipinski definition) is 2. The fourth-order valence-corrected chi connectivity index (χ4v) is 2.78. The highest BCUT2D eigenvalue weighted by Crippen LogP contribution is 2.28. The van der Waals surface area contributed by atoms with Crippen molar-refractivity contribution in [1.82, 2.24) is 0 Å². The molecule has 0 aliphatic rings. The second-order valence-corrected chi connectivity index (χ2v) is 12.4. The molecule has 2 nitrogen and oxygen atoms in total. The van der Waals surface area contributed by atoms with Crippen LogP contribution >= 0.6 is 11.6 Å². The summed E-state index contributed by atoms with van der Waals surface area (Å²) in [6, 6.07) is 7.13. The molecule has 0 fully saturated rings.